The number of rotatable bonds is 2. The molecule has 0 radical (unpaired) electrons. The SMILES string of the molecule is CN1CCCN(C)C(C(O)c2ccc(Cl)cc2F)C1. The summed E-state index contributed by atoms with van der Waals surface area (Å²) in [7, 11) is 4.00. The summed E-state index contributed by atoms with van der Waals surface area (Å²) < 4.78 is 13.9. The van der Waals surface area contributed by atoms with E-state index in [1.807, 2.05) is 14.1 Å². The standard InChI is InChI=1S/C14H20ClFN2O/c1-17-6-3-7-18(2)13(9-17)14(19)11-5-4-10(15)8-12(11)16/h4-5,8,13-14,19H,3,6-7,9H2,1-2H3. The van der Waals surface area contributed by atoms with Gasteiger partial charge in [0.1, 0.15) is 5.82 Å². The fourth-order valence-corrected chi connectivity index (χ4v) is 2.75. The smallest absolute Gasteiger partial charge is 0.130 e. The maximum Gasteiger partial charge on any atom is 0.130 e. The van der Waals surface area contributed by atoms with Gasteiger partial charge in [-0.1, -0.05) is 17.7 Å². The molecule has 106 valence electrons. The first kappa shape index (κ1) is 14.7. The molecule has 5 heteroatoms. The third kappa shape index (κ3) is 3.45. The van der Waals surface area contributed by atoms with Gasteiger partial charge in [0.25, 0.3) is 0 Å². The monoisotopic (exact) mass is 286 g/mol. The lowest BCUT2D eigenvalue weighted by molar-refractivity contribution is 0.0548. The van der Waals surface area contributed by atoms with Crippen LogP contribution in [0.25, 0.3) is 0 Å². The number of halogens is 2. The van der Waals surface area contributed by atoms with Gasteiger partial charge < -0.3 is 10.0 Å². The molecule has 1 aliphatic heterocycles. The summed E-state index contributed by atoms with van der Waals surface area (Å²) >= 11 is 5.75. The number of benzene rings is 1. The topological polar surface area (TPSA) is 26.7 Å². The molecular formula is C14H20ClFN2O. The largest absolute Gasteiger partial charge is 0.387 e. The normalized spacial score (nSPS) is 24.2. The van der Waals surface area contributed by atoms with Crippen LogP contribution in [0.5, 0.6) is 0 Å². The van der Waals surface area contributed by atoms with Gasteiger partial charge in [-0.25, -0.2) is 4.39 Å². The molecule has 0 saturated carbocycles. The highest BCUT2D eigenvalue weighted by molar-refractivity contribution is 6.30. The highest BCUT2D eigenvalue weighted by atomic mass is 35.5. The summed E-state index contributed by atoms with van der Waals surface area (Å²) in [5.41, 5.74) is 0.316. The Balaban J connectivity index is 2.23. The fourth-order valence-electron chi connectivity index (χ4n) is 2.60. The van der Waals surface area contributed by atoms with E-state index >= 15 is 0 Å². The zero-order chi connectivity index (χ0) is 14.0. The number of aliphatic hydroxyl groups is 1. The number of hydrogen-bond acceptors (Lipinski definition) is 3. The molecule has 3 nitrogen and oxygen atoms in total. The molecule has 1 aromatic rings. The van der Waals surface area contributed by atoms with Crippen molar-refractivity contribution in [2.24, 2.45) is 0 Å². The van der Waals surface area contributed by atoms with Crippen LogP contribution >= 0.6 is 11.6 Å². The molecule has 1 aromatic carbocycles. The summed E-state index contributed by atoms with van der Waals surface area (Å²) in [5, 5.41) is 10.8. The molecule has 1 saturated heterocycles. The molecule has 1 N–H and O–H groups in total. The predicted octanol–water partition coefficient (Wildman–Crippen LogP) is 2.15. The van der Waals surface area contributed by atoms with Crippen molar-refractivity contribution >= 4 is 11.6 Å². The first-order valence-corrected chi connectivity index (χ1v) is 6.88. The van der Waals surface area contributed by atoms with Gasteiger partial charge in [-0.2, -0.15) is 0 Å². The molecule has 0 aromatic heterocycles. The molecule has 0 aliphatic carbocycles. The van der Waals surface area contributed by atoms with Gasteiger partial charge in [0.15, 0.2) is 0 Å². The molecule has 0 amide bonds. The van der Waals surface area contributed by atoms with Crippen LogP contribution in [0, 0.1) is 5.82 Å². The van der Waals surface area contributed by atoms with Gasteiger partial charge in [0, 0.05) is 17.1 Å². The first-order chi connectivity index (χ1) is 8.99. The summed E-state index contributed by atoms with van der Waals surface area (Å²) in [4.78, 5) is 4.27. The molecule has 0 bridgehead atoms. The minimum atomic E-state index is -0.845. The quantitative estimate of drug-likeness (QED) is 0.902. The molecule has 2 atom stereocenters. The van der Waals surface area contributed by atoms with E-state index in [4.69, 9.17) is 11.6 Å². The van der Waals surface area contributed by atoms with Crippen LogP contribution in [0.3, 0.4) is 0 Å². The van der Waals surface area contributed by atoms with Crippen LogP contribution in [0.15, 0.2) is 18.2 Å². The van der Waals surface area contributed by atoms with Crippen molar-refractivity contribution in [3.63, 3.8) is 0 Å². The van der Waals surface area contributed by atoms with Crippen molar-refractivity contribution in [1.82, 2.24) is 9.80 Å². The van der Waals surface area contributed by atoms with Crippen molar-refractivity contribution in [3.05, 3.63) is 34.6 Å². The third-order valence-corrected chi connectivity index (χ3v) is 4.00. The van der Waals surface area contributed by atoms with Crippen molar-refractivity contribution in [3.8, 4) is 0 Å². The van der Waals surface area contributed by atoms with Crippen LogP contribution < -0.4 is 0 Å². The van der Waals surface area contributed by atoms with E-state index in [9.17, 15) is 9.50 Å². The second-order valence-electron chi connectivity index (χ2n) is 5.27. The first-order valence-electron chi connectivity index (χ1n) is 6.51. The Morgan fingerprint density at radius 2 is 2.11 bits per heavy atom. The minimum Gasteiger partial charge on any atom is -0.387 e. The van der Waals surface area contributed by atoms with Gasteiger partial charge in [0.2, 0.25) is 0 Å². The fraction of sp³-hybridized carbons (Fsp3) is 0.571. The van der Waals surface area contributed by atoms with E-state index in [1.54, 1.807) is 12.1 Å². The van der Waals surface area contributed by atoms with Gasteiger partial charge >= 0.3 is 0 Å². The van der Waals surface area contributed by atoms with E-state index in [0.717, 1.165) is 26.1 Å². The molecular weight excluding hydrogens is 267 g/mol. The molecule has 1 heterocycles. The molecule has 1 fully saturated rings. The molecule has 0 spiro atoms. The van der Waals surface area contributed by atoms with E-state index in [-0.39, 0.29) is 6.04 Å². The summed E-state index contributed by atoms with van der Waals surface area (Å²) in [6, 6.07) is 4.33. The molecule has 2 unspecified atom stereocenters. The van der Waals surface area contributed by atoms with E-state index in [1.165, 1.54) is 6.07 Å². The van der Waals surface area contributed by atoms with Crippen LogP contribution in [0.4, 0.5) is 4.39 Å². The molecule has 2 rings (SSSR count). The van der Waals surface area contributed by atoms with E-state index in [2.05, 4.69) is 9.80 Å². The zero-order valence-corrected chi connectivity index (χ0v) is 12.1. The second kappa shape index (κ2) is 6.18. The lowest BCUT2D eigenvalue weighted by atomic mass is 10.0. The zero-order valence-electron chi connectivity index (χ0n) is 11.3. The summed E-state index contributed by atoms with van der Waals surface area (Å²) in [6.07, 6.45) is 0.210. The number of likely N-dealkylation sites (N-methyl/N-ethyl adjacent to an activating group) is 2. The van der Waals surface area contributed by atoms with Gasteiger partial charge in [0.05, 0.1) is 12.1 Å². The lowest BCUT2D eigenvalue weighted by Crippen LogP contribution is -2.42. The van der Waals surface area contributed by atoms with Crippen LogP contribution in [-0.2, 0) is 0 Å². The highest BCUT2D eigenvalue weighted by Crippen LogP contribution is 2.26. The van der Waals surface area contributed by atoms with Gasteiger partial charge in [-0.3, -0.25) is 4.90 Å². The Hall–Kier alpha value is -0.680. The Kier molecular flexibility index (Phi) is 4.79. The third-order valence-electron chi connectivity index (χ3n) is 3.76. The Bertz CT molecular complexity index is 443. The number of hydrogen-bond donors (Lipinski definition) is 1. The van der Waals surface area contributed by atoms with Crippen LogP contribution in [-0.4, -0.2) is 54.7 Å². The van der Waals surface area contributed by atoms with Crippen molar-refractivity contribution in [2.75, 3.05) is 33.7 Å². The molecule has 1 aliphatic rings. The maximum atomic E-state index is 13.9. The van der Waals surface area contributed by atoms with E-state index < -0.39 is 11.9 Å². The summed E-state index contributed by atoms with van der Waals surface area (Å²) in [6.45, 7) is 2.62. The number of nitrogens with zero attached hydrogens (tertiary/aromatic N) is 2. The average molecular weight is 287 g/mol. The Morgan fingerprint density at radius 3 is 2.79 bits per heavy atom. The van der Waals surface area contributed by atoms with Crippen molar-refractivity contribution in [2.45, 2.75) is 18.6 Å². The van der Waals surface area contributed by atoms with Crippen LogP contribution in [0.1, 0.15) is 18.1 Å². The summed E-state index contributed by atoms with van der Waals surface area (Å²) in [5.74, 6) is -0.444. The minimum absolute atomic E-state index is 0.108. The van der Waals surface area contributed by atoms with Gasteiger partial charge in [-0.05, 0) is 45.7 Å². The maximum absolute atomic E-state index is 13.9. The van der Waals surface area contributed by atoms with E-state index in [0.29, 0.717) is 10.6 Å². The van der Waals surface area contributed by atoms with Crippen molar-refractivity contribution < 1.29 is 9.50 Å². The predicted molar refractivity (Wildman–Crippen MR) is 74.9 cm³/mol. The van der Waals surface area contributed by atoms with Crippen LogP contribution in [0.2, 0.25) is 5.02 Å². The van der Waals surface area contributed by atoms with Gasteiger partial charge in [-0.15, -0.1) is 0 Å². The Labute approximate surface area is 118 Å². The average Bonchev–Trinajstić information content (AvgIpc) is 2.50. The number of aliphatic hydroxyl groups excluding tert-OH is 1. The van der Waals surface area contributed by atoms with Crippen molar-refractivity contribution in [1.29, 1.82) is 0 Å². The highest BCUT2D eigenvalue weighted by Gasteiger charge is 2.29. The second-order valence-corrected chi connectivity index (χ2v) is 5.71. The Morgan fingerprint density at radius 1 is 1.37 bits per heavy atom. The molecule has 19 heavy (non-hydrogen) atoms. The lowest BCUT2D eigenvalue weighted by Gasteiger charge is -2.31.